The van der Waals surface area contributed by atoms with Gasteiger partial charge in [0.25, 0.3) is 23.6 Å². The van der Waals surface area contributed by atoms with Crippen molar-refractivity contribution in [3.63, 3.8) is 0 Å². The Morgan fingerprint density at radius 3 is 1.52 bits per heavy atom. The molecule has 0 spiro atoms. The van der Waals surface area contributed by atoms with E-state index in [1.807, 2.05) is 81.5 Å². The number of benzene rings is 5. The largest absolute Gasteiger partial charge is 0.399 e. The number of allylic oxidation sites excluding steroid dienone is 5. The van der Waals surface area contributed by atoms with Gasteiger partial charge in [0.05, 0.1) is 27.9 Å². The molecule has 0 radical (unpaired) electrons. The van der Waals surface area contributed by atoms with Gasteiger partial charge in [-0.2, -0.15) is 0 Å². The molecule has 0 atom stereocenters. The maximum Gasteiger partial charge on any atom is 0.266 e. The zero-order valence-electron chi connectivity index (χ0n) is 28.9. The zero-order chi connectivity index (χ0) is 36.4. The fraction of sp³-hybridized carbons (Fsp3) is 0.0909. The van der Waals surface area contributed by atoms with Crippen molar-refractivity contribution >= 4 is 46.3 Å². The Kier molecular flexibility index (Phi) is 7.61. The van der Waals surface area contributed by atoms with Gasteiger partial charge in [0, 0.05) is 17.1 Å². The average Bonchev–Trinajstić information content (AvgIpc) is 3.43. The molecule has 0 saturated carbocycles. The van der Waals surface area contributed by atoms with E-state index in [0.29, 0.717) is 51.4 Å². The van der Waals surface area contributed by atoms with Crippen LogP contribution in [0.15, 0.2) is 127 Å². The van der Waals surface area contributed by atoms with Gasteiger partial charge in [0.15, 0.2) is 0 Å². The predicted octanol–water partition coefficient (Wildman–Crippen LogP) is 8.52. The van der Waals surface area contributed by atoms with E-state index in [0.717, 1.165) is 50.1 Å². The highest BCUT2D eigenvalue weighted by Crippen LogP contribution is 2.39. The Balaban J connectivity index is 1.06. The highest BCUT2D eigenvalue weighted by atomic mass is 16.2. The van der Waals surface area contributed by atoms with Crippen LogP contribution in [0, 0.1) is 13.8 Å². The molecule has 4 amide bonds. The molecule has 254 valence electrons. The number of carbonyl (C=O) groups excluding carboxylic acids is 4. The summed E-state index contributed by atoms with van der Waals surface area (Å²) in [5.41, 5.74) is 23.3. The SMILES string of the molecule is CC1=CC(N2C(=O)c3ccc(-c4ccc(N)cc4)cc3C2=O)=CCC=C1c1cc(C)c(N2C(=O)c3ccc(-c4ccc(N)cc4)cc3C2=O)cc1C. The molecule has 52 heavy (non-hydrogen) atoms. The highest BCUT2D eigenvalue weighted by molar-refractivity contribution is 6.35. The summed E-state index contributed by atoms with van der Waals surface area (Å²) in [6.07, 6.45) is 6.30. The van der Waals surface area contributed by atoms with E-state index in [1.165, 1.54) is 9.80 Å². The molecule has 5 aromatic carbocycles. The van der Waals surface area contributed by atoms with Gasteiger partial charge >= 0.3 is 0 Å². The molecule has 4 N–H and O–H groups in total. The van der Waals surface area contributed by atoms with E-state index < -0.39 is 0 Å². The van der Waals surface area contributed by atoms with Crippen LogP contribution in [-0.4, -0.2) is 28.5 Å². The molecule has 0 fully saturated rings. The van der Waals surface area contributed by atoms with E-state index in [1.54, 1.807) is 48.5 Å². The van der Waals surface area contributed by atoms with Gasteiger partial charge in [-0.3, -0.25) is 19.2 Å². The first-order valence-corrected chi connectivity index (χ1v) is 17.0. The monoisotopic (exact) mass is 682 g/mol. The third-order valence-electron chi connectivity index (χ3n) is 10.0. The lowest BCUT2D eigenvalue weighted by Gasteiger charge is -2.21. The molecule has 3 aliphatic rings. The van der Waals surface area contributed by atoms with Crippen LogP contribution in [-0.2, 0) is 0 Å². The van der Waals surface area contributed by atoms with Crippen molar-refractivity contribution in [3.8, 4) is 22.3 Å². The van der Waals surface area contributed by atoms with E-state index in [2.05, 4.69) is 6.08 Å². The third kappa shape index (κ3) is 5.24. The Morgan fingerprint density at radius 2 is 0.962 bits per heavy atom. The van der Waals surface area contributed by atoms with Crippen LogP contribution in [0.25, 0.3) is 27.8 Å². The summed E-state index contributed by atoms with van der Waals surface area (Å²) in [5, 5.41) is 0. The summed E-state index contributed by atoms with van der Waals surface area (Å²) < 4.78 is 0. The fourth-order valence-corrected chi connectivity index (χ4v) is 7.27. The van der Waals surface area contributed by atoms with Gasteiger partial charge in [-0.25, -0.2) is 9.80 Å². The molecule has 0 bridgehead atoms. The summed E-state index contributed by atoms with van der Waals surface area (Å²) >= 11 is 0. The molecule has 8 rings (SSSR count). The van der Waals surface area contributed by atoms with Gasteiger partial charge < -0.3 is 11.5 Å². The van der Waals surface area contributed by atoms with Crippen LogP contribution in [0.2, 0.25) is 0 Å². The number of carbonyl (C=O) groups is 4. The number of nitrogen functional groups attached to an aromatic ring is 2. The van der Waals surface area contributed by atoms with Gasteiger partial charge in [0.1, 0.15) is 0 Å². The topological polar surface area (TPSA) is 127 Å². The van der Waals surface area contributed by atoms with Crippen LogP contribution in [0.3, 0.4) is 0 Å². The molecule has 0 aromatic heterocycles. The van der Waals surface area contributed by atoms with E-state index >= 15 is 0 Å². The predicted molar refractivity (Wildman–Crippen MR) is 205 cm³/mol. The first-order valence-electron chi connectivity index (χ1n) is 17.0. The average molecular weight is 683 g/mol. The van der Waals surface area contributed by atoms with Gasteiger partial charge in [-0.05, 0) is 144 Å². The number of amides is 4. The second kappa shape index (κ2) is 12.2. The van der Waals surface area contributed by atoms with Crippen molar-refractivity contribution in [1.29, 1.82) is 0 Å². The lowest BCUT2D eigenvalue weighted by molar-refractivity contribution is 0.0708. The first kappa shape index (κ1) is 32.4. The summed E-state index contributed by atoms with van der Waals surface area (Å²) in [5.74, 6) is -1.46. The van der Waals surface area contributed by atoms with E-state index in [4.69, 9.17) is 11.5 Å². The van der Waals surface area contributed by atoms with Crippen LogP contribution in [0.1, 0.15) is 71.5 Å². The standard InChI is InChI=1S/C44H34N4O4/c1-24-19-33(47-41(49)35-17-11-29(22-38(35)43(47)51)27-7-13-31(45)14-8-27)5-4-6-34(24)37-20-26(3)40(21-25(37)2)48-42(50)36-18-12-30(23-39(36)44(48)52)28-9-15-32(46)16-10-28/h5-23H,4,45-46H2,1-3H3. The summed E-state index contributed by atoms with van der Waals surface area (Å²) in [7, 11) is 0. The number of aryl methyl sites for hydroxylation is 2. The molecule has 1 aliphatic carbocycles. The number of nitrogens with two attached hydrogens (primary N) is 2. The number of anilines is 3. The van der Waals surface area contributed by atoms with Crippen molar-refractivity contribution in [2.45, 2.75) is 27.2 Å². The quantitative estimate of drug-likeness (QED) is 0.141. The minimum atomic E-state index is -0.368. The number of imide groups is 2. The zero-order valence-corrected chi connectivity index (χ0v) is 28.9. The lowest BCUT2D eigenvalue weighted by Crippen LogP contribution is -2.30. The van der Waals surface area contributed by atoms with E-state index in [-0.39, 0.29) is 23.6 Å². The molecule has 2 aliphatic heterocycles. The maximum absolute atomic E-state index is 13.8. The number of hydrogen-bond acceptors (Lipinski definition) is 6. The molecule has 5 aromatic rings. The van der Waals surface area contributed by atoms with Crippen molar-refractivity contribution in [3.05, 3.63) is 166 Å². The Morgan fingerprint density at radius 1 is 0.481 bits per heavy atom. The van der Waals surface area contributed by atoms with Gasteiger partial charge in [-0.1, -0.05) is 48.6 Å². The number of nitrogens with zero attached hydrogens (tertiary/aromatic N) is 2. The minimum absolute atomic E-state index is 0.360. The molecule has 8 heteroatoms. The normalized spacial score (nSPS) is 15.3. The van der Waals surface area contributed by atoms with Crippen LogP contribution in [0.4, 0.5) is 17.1 Å². The van der Waals surface area contributed by atoms with Crippen LogP contribution >= 0.6 is 0 Å². The Hall–Kier alpha value is -6.80. The first-order chi connectivity index (χ1) is 25.0. The molecular formula is C44H34N4O4. The number of rotatable bonds is 5. The Bertz CT molecular complexity index is 2510. The lowest BCUT2D eigenvalue weighted by atomic mass is 9.92. The molecule has 0 unspecified atom stereocenters. The van der Waals surface area contributed by atoms with Crippen LogP contribution in [0.5, 0.6) is 0 Å². The Labute approximate surface area is 301 Å². The highest BCUT2D eigenvalue weighted by Gasteiger charge is 2.39. The summed E-state index contributed by atoms with van der Waals surface area (Å²) in [6.45, 7) is 5.79. The summed E-state index contributed by atoms with van der Waals surface area (Å²) in [4.78, 5) is 57.3. The smallest absolute Gasteiger partial charge is 0.266 e. The van der Waals surface area contributed by atoms with Crippen molar-refractivity contribution < 1.29 is 19.2 Å². The molecule has 8 nitrogen and oxygen atoms in total. The minimum Gasteiger partial charge on any atom is -0.399 e. The van der Waals surface area contributed by atoms with Crippen molar-refractivity contribution in [2.24, 2.45) is 0 Å². The molecule has 0 saturated heterocycles. The van der Waals surface area contributed by atoms with Gasteiger partial charge in [-0.15, -0.1) is 0 Å². The second-order valence-corrected chi connectivity index (χ2v) is 13.4. The van der Waals surface area contributed by atoms with Crippen molar-refractivity contribution in [2.75, 3.05) is 16.4 Å². The fourth-order valence-electron chi connectivity index (χ4n) is 7.27. The molecule has 2 heterocycles. The van der Waals surface area contributed by atoms with Crippen LogP contribution < -0.4 is 16.4 Å². The second-order valence-electron chi connectivity index (χ2n) is 13.4. The summed E-state index contributed by atoms with van der Waals surface area (Å²) in [6, 6.07) is 29.3. The number of fused-ring (bicyclic) bond motifs is 2. The number of hydrogen-bond donors (Lipinski definition) is 2. The van der Waals surface area contributed by atoms with Crippen molar-refractivity contribution in [1.82, 2.24) is 4.90 Å². The van der Waals surface area contributed by atoms with E-state index in [9.17, 15) is 19.2 Å². The molecular weight excluding hydrogens is 649 g/mol. The van der Waals surface area contributed by atoms with Gasteiger partial charge in [0.2, 0.25) is 0 Å². The third-order valence-corrected chi connectivity index (χ3v) is 10.0. The maximum atomic E-state index is 13.8.